The number of esters is 1. The molecule has 0 unspecified atom stereocenters. The summed E-state index contributed by atoms with van der Waals surface area (Å²) < 4.78 is 5.54. The van der Waals surface area contributed by atoms with Crippen LogP contribution in [0.25, 0.3) is 11.1 Å². The molecule has 1 heterocycles. The lowest BCUT2D eigenvalue weighted by Crippen LogP contribution is -2.27. The van der Waals surface area contributed by atoms with E-state index < -0.39 is 5.60 Å². The Hall–Kier alpha value is -1.61. The largest absolute Gasteiger partial charge is 0.453 e. The molecule has 0 radical (unpaired) electrons. The molecule has 1 atom stereocenters. The SMILES string of the molecule is O=C1CC[C@](CBr)(c2ccc(-c3ccccc3)cc2)O1. The lowest BCUT2D eigenvalue weighted by molar-refractivity contribution is -0.147. The second-order valence-electron chi connectivity index (χ2n) is 5.05. The van der Waals surface area contributed by atoms with Crippen molar-refractivity contribution in [1.82, 2.24) is 0 Å². The van der Waals surface area contributed by atoms with Gasteiger partial charge in [-0.3, -0.25) is 4.79 Å². The molecule has 3 heteroatoms. The van der Waals surface area contributed by atoms with E-state index in [1.165, 1.54) is 11.1 Å². The molecule has 2 aromatic rings. The molecule has 0 saturated carbocycles. The van der Waals surface area contributed by atoms with E-state index >= 15 is 0 Å². The van der Waals surface area contributed by atoms with E-state index in [0.717, 1.165) is 12.0 Å². The van der Waals surface area contributed by atoms with Crippen molar-refractivity contribution < 1.29 is 9.53 Å². The van der Waals surface area contributed by atoms with Crippen LogP contribution in [0.5, 0.6) is 0 Å². The number of rotatable bonds is 3. The van der Waals surface area contributed by atoms with Crippen molar-refractivity contribution in [3.05, 3.63) is 60.2 Å². The Morgan fingerprint density at radius 3 is 2.20 bits per heavy atom. The zero-order chi connectivity index (χ0) is 14.0. The van der Waals surface area contributed by atoms with Gasteiger partial charge in [0, 0.05) is 18.2 Å². The standard InChI is InChI=1S/C17H15BrO2/c18-12-17(11-10-16(19)20-17)15-8-6-14(7-9-15)13-4-2-1-3-5-13/h1-9H,10-12H2/t17-/m0/s1. The minimum absolute atomic E-state index is 0.114. The third kappa shape index (κ3) is 2.38. The van der Waals surface area contributed by atoms with E-state index in [-0.39, 0.29) is 5.97 Å². The summed E-state index contributed by atoms with van der Waals surface area (Å²) in [7, 11) is 0. The van der Waals surface area contributed by atoms with E-state index in [4.69, 9.17) is 4.74 Å². The molecule has 102 valence electrons. The van der Waals surface area contributed by atoms with E-state index in [9.17, 15) is 4.79 Å². The zero-order valence-corrected chi connectivity index (χ0v) is 12.6. The Morgan fingerprint density at radius 2 is 1.65 bits per heavy atom. The molecule has 1 aliphatic rings. The Balaban J connectivity index is 1.92. The maximum absolute atomic E-state index is 11.4. The Kier molecular flexibility index (Phi) is 3.62. The lowest BCUT2D eigenvalue weighted by atomic mass is 9.91. The second-order valence-corrected chi connectivity index (χ2v) is 5.61. The Labute approximate surface area is 126 Å². The van der Waals surface area contributed by atoms with Gasteiger partial charge in [0.2, 0.25) is 0 Å². The summed E-state index contributed by atoms with van der Waals surface area (Å²) in [6, 6.07) is 18.5. The molecule has 1 saturated heterocycles. The van der Waals surface area contributed by atoms with Crippen LogP contribution >= 0.6 is 15.9 Å². The number of cyclic esters (lactones) is 1. The van der Waals surface area contributed by atoms with Gasteiger partial charge in [0.25, 0.3) is 0 Å². The van der Waals surface area contributed by atoms with Crippen LogP contribution in [0.4, 0.5) is 0 Å². The van der Waals surface area contributed by atoms with Crippen molar-refractivity contribution in [2.24, 2.45) is 0 Å². The topological polar surface area (TPSA) is 26.3 Å². The van der Waals surface area contributed by atoms with E-state index in [2.05, 4.69) is 52.3 Å². The smallest absolute Gasteiger partial charge is 0.306 e. The van der Waals surface area contributed by atoms with Crippen molar-refractivity contribution in [2.45, 2.75) is 18.4 Å². The molecule has 2 aromatic carbocycles. The molecule has 3 rings (SSSR count). The quantitative estimate of drug-likeness (QED) is 0.620. The molecule has 1 aliphatic heterocycles. The average Bonchev–Trinajstić information content (AvgIpc) is 2.91. The van der Waals surface area contributed by atoms with E-state index in [0.29, 0.717) is 11.8 Å². The van der Waals surface area contributed by atoms with Gasteiger partial charge in [0.1, 0.15) is 5.60 Å². The maximum atomic E-state index is 11.4. The molecule has 0 bridgehead atoms. The van der Waals surface area contributed by atoms with Gasteiger partial charge in [-0.25, -0.2) is 0 Å². The fourth-order valence-corrected chi connectivity index (χ4v) is 3.31. The van der Waals surface area contributed by atoms with Crippen LogP contribution in [0.1, 0.15) is 18.4 Å². The fourth-order valence-electron chi connectivity index (χ4n) is 2.60. The molecule has 0 amide bonds. The predicted octanol–water partition coefficient (Wildman–Crippen LogP) is 4.28. The van der Waals surface area contributed by atoms with Gasteiger partial charge >= 0.3 is 5.97 Å². The molecule has 0 aromatic heterocycles. The summed E-state index contributed by atoms with van der Waals surface area (Å²) in [6.07, 6.45) is 1.23. The van der Waals surface area contributed by atoms with Crippen LogP contribution < -0.4 is 0 Å². The van der Waals surface area contributed by atoms with Gasteiger partial charge in [-0.2, -0.15) is 0 Å². The van der Waals surface area contributed by atoms with Gasteiger partial charge in [0.05, 0.1) is 0 Å². The minimum Gasteiger partial charge on any atom is -0.453 e. The van der Waals surface area contributed by atoms with Crippen molar-refractivity contribution in [1.29, 1.82) is 0 Å². The molecule has 1 fully saturated rings. The third-order valence-corrected chi connectivity index (χ3v) is 4.68. The molecule has 0 spiro atoms. The Morgan fingerprint density at radius 1 is 1.00 bits per heavy atom. The highest BCUT2D eigenvalue weighted by Gasteiger charge is 2.41. The molecular formula is C17H15BrO2. The first-order valence-electron chi connectivity index (χ1n) is 6.67. The highest BCUT2D eigenvalue weighted by Crippen LogP contribution is 2.39. The molecular weight excluding hydrogens is 316 g/mol. The second kappa shape index (κ2) is 5.41. The fraction of sp³-hybridized carbons (Fsp3) is 0.235. The van der Waals surface area contributed by atoms with Crippen LogP contribution in [0.15, 0.2) is 54.6 Å². The first-order valence-corrected chi connectivity index (χ1v) is 7.79. The molecule has 0 N–H and O–H groups in total. The highest BCUT2D eigenvalue weighted by atomic mass is 79.9. The van der Waals surface area contributed by atoms with Gasteiger partial charge in [-0.05, 0) is 16.7 Å². The normalized spacial score (nSPS) is 21.8. The summed E-state index contributed by atoms with van der Waals surface area (Å²) in [5.41, 5.74) is 2.92. The number of alkyl halides is 1. The lowest BCUT2D eigenvalue weighted by Gasteiger charge is -2.26. The number of carbonyl (C=O) groups excluding carboxylic acids is 1. The van der Waals surface area contributed by atoms with Crippen molar-refractivity contribution in [3.63, 3.8) is 0 Å². The highest BCUT2D eigenvalue weighted by molar-refractivity contribution is 9.09. The molecule has 2 nitrogen and oxygen atoms in total. The average molecular weight is 331 g/mol. The van der Waals surface area contributed by atoms with Gasteiger partial charge in [0.15, 0.2) is 0 Å². The van der Waals surface area contributed by atoms with Gasteiger partial charge in [-0.1, -0.05) is 70.5 Å². The summed E-state index contributed by atoms with van der Waals surface area (Å²) in [5.74, 6) is -0.114. The summed E-state index contributed by atoms with van der Waals surface area (Å²) in [6.45, 7) is 0. The minimum atomic E-state index is -0.494. The monoisotopic (exact) mass is 330 g/mol. The molecule has 20 heavy (non-hydrogen) atoms. The maximum Gasteiger partial charge on any atom is 0.306 e. The van der Waals surface area contributed by atoms with Crippen molar-refractivity contribution in [3.8, 4) is 11.1 Å². The number of ether oxygens (including phenoxy) is 1. The Bertz CT molecular complexity index is 607. The van der Waals surface area contributed by atoms with Crippen LogP contribution in [-0.4, -0.2) is 11.3 Å². The zero-order valence-electron chi connectivity index (χ0n) is 11.0. The van der Waals surface area contributed by atoms with E-state index in [1.54, 1.807) is 0 Å². The number of benzene rings is 2. The number of halogens is 1. The predicted molar refractivity (Wildman–Crippen MR) is 82.7 cm³/mol. The first-order chi connectivity index (χ1) is 9.73. The van der Waals surface area contributed by atoms with Crippen LogP contribution in [0.2, 0.25) is 0 Å². The summed E-state index contributed by atoms with van der Waals surface area (Å²) >= 11 is 3.48. The third-order valence-electron chi connectivity index (χ3n) is 3.78. The summed E-state index contributed by atoms with van der Waals surface area (Å²) in [4.78, 5) is 11.4. The first kappa shape index (κ1) is 13.4. The van der Waals surface area contributed by atoms with E-state index in [1.807, 2.05) is 18.2 Å². The number of carbonyl (C=O) groups is 1. The summed E-state index contributed by atoms with van der Waals surface area (Å²) in [5, 5.41) is 0.635. The number of hydrogen-bond acceptors (Lipinski definition) is 2. The van der Waals surface area contributed by atoms with Crippen LogP contribution in [0, 0.1) is 0 Å². The van der Waals surface area contributed by atoms with Crippen molar-refractivity contribution >= 4 is 21.9 Å². The van der Waals surface area contributed by atoms with Crippen LogP contribution in [-0.2, 0) is 15.1 Å². The molecule has 0 aliphatic carbocycles. The van der Waals surface area contributed by atoms with Gasteiger partial charge in [-0.15, -0.1) is 0 Å². The van der Waals surface area contributed by atoms with Crippen LogP contribution in [0.3, 0.4) is 0 Å². The van der Waals surface area contributed by atoms with Crippen molar-refractivity contribution in [2.75, 3.05) is 5.33 Å². The van der Waals surface area contributed by atoms with Gasteiger partial charge < -0.3 is 4.74 Å². The number of hydrogen-bond donors (Lipinski definition) is 0.